The predicted molar refractivity (Wildman–Crippen MR) is 89.0 cm³/mol. The van der Waals surface area contributed by atoms with Gasteiger partial charge in [-0.2, -0.15) is 0 Å². The Morgan fingerprint density at radius 3 is 2.10 bits per heavy atom. The van der Waals surface area contributed by atoms with E-state index < -0.39 is 0 Å². The largest absolute Gasteiger partial charge is 0.306 e. The van der Waals surface area contributed by atoms with Crippen LogP contribution in [-0.4, -0.2) is 0 Å². The summed E-state index contributed by atoms with van der Waals surface area (Å²) in [5.41, 5.74) is 2.81. The molecule has 1 fully saturated rings. The van der Waals surface area contributed by atoms with Crippen LogP contribution < -0.4 is 5.32 Å². The second kappa shape index (κ2) is 7.42. The van der Waals surface area contributed by atoms with Gasteiger partial charge in [-0.25, -0.2) is 0 Å². The molecule has 0 heterocycles. The first kappa shape index (κ1) is 14.3. The van der Waals surface area contributed by atoms with Crippen molar-refractivity contribution in [3.63, 3.8) is 0 Å². The van der Waals surface area contributed by atoms with Crippen LogP contribution >= 0.6 is 0 Å². The minimum absolute atomic E-state index is 0.492. The van der Waals surface area contributed by atoms with Crippen molar-refractivity contribution < 1.29 is 0 Å². The van der Waals surface area contributed by atoms with Gasteiger partial charge in [-0.3, -0.25) is 0 Å². The molecule has 21 heavy (non-hydrogen) atoms. The summed E-state index contributed by atoms with van der Waals surface area (Å²) < 4.78 is 0. The Hall–Kier alpha value is -1.60. The highest BCUT2D eigenvalue weighted by molar-refractivity contribution is 5.21. The molecule has 1 heteroatoms. The molecule has 0 radical (unpaired) electrons. The number of hydrogen-bond acceptors (Lipinski definition) is 1. The lowest BCUT2D eigenvalue weighted by atomic mass is 9.81. The van der Waals surface area contributed by atoms with Crippen LogP contribution in [0.5, 0.6) is 0 Å². The highest BCUT2D eigenvalue weighted by atomic mass is 14.9. The van der Waals surface area contributed by atoms with Crippen molar-refractivity contribution in [1.29, 1.82) is 0 Å². The number of benzene rings is 2. The Kier molecular flexibility index (Phi) is 5.07. The molecule has 1 aliphatic rings. The molecule has 1 aliphatic carbocycles. The van der Waals surface area contributed by atoms with Crippen molar-refractivity contribution in [2.75, 3.05) is 0 Å². The summed E-state index contributed by atoms with van der Waals surface area (Å²) in [5.74, 6) is 0.782. The summed E-state index contributed by atoms with van der Waals surface area (Å²) in [6.45, 7) is 0.955. The maximum Gasteiger partial charge on any atom is 0.0351 e. The van der Waals surface area contributed by atoms with E-state index in [1.54, 1.807) is 0 Å². The Morgan fingerprint density at radius 2 is 1.43 bits per heavy atom. The Labute approximate surface area is 128 Å². The van der Waals surface area contributed by atoms with E-state index in [2.05, 4.69) is 66.0 Å². The molecule has 0 saturated heterocycles. The minimum Gasteiger partial charge on any atom is -0.306 e. The van der Waals surface area contributed by atoms with Gasteiger partial charge >= 0.3 is 0 Å². The molecule has 1 saturated carbocycles. The van der Waals surface area contributed by atoms with E-state index in [4.69, 9.17) is 0 Å². The van der Waals surface area contributed by atoms with Crippen LogP contribution in [0.25, 0.3) is 0 Å². The van der Waals surface area contributed by atoms with E-state index in [1.807, 2.05) is 0 Å². The van der Waals surface area contributed by atoms with E-state index in [0.29, 0.717) is 6.04 Å². The third-order valence-electron chi connectivity index (χ3n) is 4.65. The molecule has 1 nitrogen and oxygen atoms in total. The van der Waals surface area contributed by atoms with Crippen LogP contribution in [0, 0.1) is 5.92 Å². The normalized spacial score (nSPS) is 17.5. The summed E-state index contributed by atoms with van der Waals surface area (Å²) in [7, 11) is 0. The average Bonchev–Trinajstić information content (AvgIpc) is 2.58. The van der Waals surface area contributed by atoms with Gasteiger partial charge in [0.2, 0.25) is 0 Å². The summed E-state index contributed by atoms with van der Waals surface area (Å²) in [6, 6.07) is 22.2. The fourth-order valence-corrected chi connectivity index (χ4v) is 3.51. The number of rotatable bonds is 5. The van der Waals surface area contributed by atoms with Gasteiger partial charge in [0, 0.05) is 12.6 Å². The van der Waals surface area contributed by atoms with Gasteiger partial charge in [-0.05, 0) is 29.9 Å². The Morgan fingerprint density at radius 1 is 0.810 bits per heavy atom. The fourth-order valence-electron chi connectivity index (χ4n) is 3.51. The molecule has 0 aromatic heterocycles. The van der Waals surface area contributed by atoms with E-state index in [1.165, 1.54) is 43.2 Å². The van der Waals surface area contributed by atoms with Crippen molar-refractivity contribution in [2.24, 2.45) is 5.92 Å². The number of hydrogen-bond donors (Lipinski definition) is 1. The van der Waals surface area contributed by atoms with Gasteiger partial charge in [-0.15, -0.1) is 0 Å². The average molecular weight is 279 g/mol. The second-order valence-corrected chi connectivity index (χ2v) is 6.15. The lowest BCUT2D eigenvalue weighted by Crippen LogP contribution is -2.29. The molecule has 0 amide bonds. The second-order valence-electron chi connectivity index (χ2n) is 6.15. The molecule has 2 aromatic carbocycles. The molecule has 1 atom stereocenters. The molecule has 1 N–H and O–H groups in total. The monoisotopic (exact) mass is 279 g/mol. The first-order chi connectivity index (χ1) is 10.4. The van der Waals surface area contributed by atoms with Crippen LogP contribution in [0.3, 0.4) is 0 Å². The van der Waals surface area contributed by atoms with Crippen LogP contribution in [0.2, 0.25) is 0 Å². The maximum atomic E-state index is 3.82. The topological polar surface area (TPSA) is 12.0 Å². The summed E-state index contributed by atoms with van der Waals surface area (Å²) in [6.07, 6.45) is 6.92. The van der Waals surface area contributed by atoms with Crippen LogP contribution in [0.4, 0.5) is 0 Å². The maximum absolute atomic E-state index is 3.82. The van der Waals surface area contributed by atoms with Crippen LogP contribution in [-0.2, 0) is 6.54 Å². The van der Waals surface area contributed by atoms with Gasteiger partial charge < -0.3 is 5.32 Å². The molecule has 0 aliphatic heterocycles. The van der Waals surface area contributed by atoms with Crippen molar-refractivity contribution in [3.8, 4) is 0 Å². The molecular weight excluding hydrogens is 254 g/mol. The van der Waals surface area contributed by atoms with E-state index >= 15 is 0 Å². The van der Waals surface area contributed by atoms with Crippen molar-refractivity contribution in [2.45, 2.75) is 44.7 Å². The zero-order valence-corrected chi connectivity index (χ0v) is 12.7. The van der Waals surface area contributed by atoms with Crippen LogP contribution in [0.1, 0.15) is 49.3 Å². The lowest BCUT2D eigenvalue weighted by molar-refractivity contribution is 0.270. The quantitative estimate of drug-likeness (QED) is 0.803. The van der Waals surface area contributed by atoms with Gasteiger partial charge in [0.15, 0.2) is 0 Å². The summed E-state index contributed by atoms with van der Waals surface area (Å²) >= 11 is 0. The third kappa shape index (κ3) is 3.95. The molecule has 2 aromatic rings. The zero-order valence-electron chi connectivity index (χ0n) is 12.7. The van der Waals surface area contributed by atoms with Gasteiger partial charge in [0.25, 0.3) is 0 Å². The van der Waals surface area contributed by atoms with Crippen LogP contribution in [0.15, 0.2) is 60.7 Å². The lowest BCUT2D eigenvalue weighted by Gasteiger charge is -2.31. The summed E-state index contributed by atoms with van der Waals surface area (Å²) in [4.78, 5) is 0. The standard InChI is InChI=1S/C20H25N/c1-4-10-17(11-5-1)16-21-20(18-12-6-2-7-13-18)19-14-8-3-9-15-19/h1-2,4-7,10-13,19-21H,3,8-9,14-16H2. The smallest absolute Gasteiger partial charge is 0.0351 e. The third-order valence-corrected chi connectivity index (χ3v) is 4.65. The highest BCUT2D eigenvalue weighted by Crippen LogP contribution is 2.34. The van der Waals surface area contributed by atoms with Crippen molar-refractivity contribution >= 4 is 0 Å². The SMILES string of the molecule is c1ccc(CNC(c2ccccc2)C2CCCCC2)cc1. The molecule has 0 bridgehead atoms. The predicted octanol–water partition coefficient (Wildman–Crippen LogP) is 5.10. The first-order valence-corrected chi connectivity index (χ1v) is 8.26. The fraction of sp³-hybridized carbons (Fsp3) is 0.400. The molecule has 3 rings (SSSR count). The minimum atomic E-state index is 0.492. The van der Waals surface area contributed by atoms with Crippen molar-refractivity contribution in [3.05, 3.63) is 71.8 Å². The van der Waals surface area contributed by atoms with E-state index in [-0.39, 0.29) is 0 Å². The molecule has 110 valence electrons. The molecule has 1 unspecified atom stereocenters. The van der Waals surface area contributed by atoms with Gasteiger partial charge in [0.05, 0.1) is 0 Å². The Bertz CT molecular complexity index is 514. The number of nitrogens with one attached hydrogen (secondary N) is 1. The Balaban J connectivity index is 1.72. The zero-order chi connectivity index (χ0) is 14.3. The molecular formula is C20H25N. The molecule has 0 spiro atoms. The highest BCUT2D eigenvalue weighted by Gasteiger charge is 2.24. The van der Waals surface area contributed by atoms with E-state index in [9.17, 15) is 0 Å². The van der Waals surface area contributed by atoms with Gasteiger partial charge in [0.1, 0.15) is 0 Å². The van der Waals surface area contributed by atoms with E-state index in [0.717, 1.165) is 12.5 Å². The summed E-state index contributed by atoms with van der Waals surface area (Å²) in [5, 5.41) is 3.82. The first-order valence-electron chi connectivity index (χ1n) is 8.26. The van der Waals surface area contributed by atoms with Crippen molar-refractivity contribution in [1.82, 2.24) is 5.32 Å². The van der Waals surface area contributed by atoms with Gasteiger partial charge in [-0.1, -0.05) is 79.9 Å².